The smallest absolute Gasteiger partial charge is 0.302 e. The fraction of sp³-hybridized carbons (Fsp3) is 0.615. The van der Waals surface area contributed by atoms with E-state index in [1.54, 1.807) is 0 Å². The molecule has 2 nitrogen and oxygen atoms in total. The van der Waals surface area contributed by atoms with Crippen LogP contribution in [-0.4, -0.2) is 12.6 Å². The summed E-state index contributed by atoms with van der Waals surface area (Å²) in [5.74, 6) is 5.92. The van der Waals surface area contributed by atoms with Crippen LogP contribution in [0.15, 0.2) is 12.2 Å². The highest BCUT2D eigenvalue weighted by molar-refractivity contribution is 5.65. The summed E-state index contributed by atoms with van der Waals surface area (Å²) in [6.07, 6.45) is 9.18. The molecule has 0 aromatic rings. The van der Waals surface area contributed by atoms with Crippen LogP contribution < -0.4 is 0 Å². The predicted molar refractivity (Wildman–Crippen MR) is 62.3 cm³/mol. The molecule has 0 aliphatic rings. The topological polar surface area (TPSA) is 26.3 Å². The zero-order chi connectivity index (χ0) is 11.4. The SMILES string of the molecule is CCCCCC#CC/C=C/COC(C)=O. The summed E-state index contributed by atoms with van der Waals surface area (Å²) in [5, 5.41) is 0. The van der Waals surface area contributed by atoms with E-state index in [0.717, 1.165) is 12.8 Å². The Labute approximate surface area is 92.7 Å². The zero-order valence-corrected chi connectivity index (χ0v) is 9.71. The maximum absolute atomic E-state index is 10.4. The molecule has 0 spiro atoms. The lowest BCUT2D eigenvalue weighted by molar-refractivity contribution is -0.139. The Hall–Kier alpha value is -1.23. The Morgan fingerprint density at radius 3 is 2.73 bits per heavy atom. The first kappa shape index (κ1) is 13.8. The zero-order valence-electron chi connectivity index (χ0n) is 9.71. The van der Waals surface area contributed by atoms with Crippen LogP contribution in [0.2, 0.25) is 0 Å². The van der Waals surface area contributed by atoms with E-state index in [0.29, 0.717) is 6.61 Å². The highest BCUT2D eigenvalue weighted by atomic mass is 16.5. The molecule has 0 saturated carbocycles. The molecule has 0 bridgehead atoms. The number of unbranched alkanes of at least 4 members (excludes halogenated alkanes) is 3. The summed E-state index contributed by atoms with van der Waals surface area (Å²) in [5.41, 5.74) is 0. The lowest BCUT2D eigenvalue weighted by Gasteiger charge is -1.92. The molecule has 0 radical (unpaired) electrons. The molecule has 15 heavy (non-hydrogen) atoms. The monoisotopic (exact) mass is 208 g/mol. The normalized spacial score (nSPS) is 9.73. The second-order valence-corrected chi connectivity index (χ2v) is 3.29. The van der Waals surface area contributed by atoms with Gasteiger partial charge in [0.15, 0.2) is 0 Å². The number of allylic oxidation sites excluding steroid dienone is 1. The Balaban J connectivity index is 3.31. The summed E-state index contributed by atoms with van der Waals surface area (Å²) in [7, 11) is 0. The van der Waals surface area contributed by atoms with Gasteiger partial charge in [0.05, 0.1) is 0 Å². The van der Waals surface area contributed by atoms with Crippen molar-refractivity contribution < 1.29 is 9.53 Å². The Morgan fingerprint density at radius 2 is 2.07 bits per heavy atom. The molecule has 0 fully saturated rings. The van der Waals surface area contributed by atoms with Crippen LogP contribution >= 0.6 is 0 Å². The average molecular weight is 208 g/mol. The Morgan fingerprint density at radius 1 is 1.27 bits per heavy atom. The minimum Gasteiger partial charge on any atom is -0.462 e. The molecule has 2 heteroatoms. The third kappa shape index (κ3) is 12.8. The molecule has 0 N–H and O–H groups in total. The van der Waals surface area contributed by atoms with Gasteiger partial charge in [0.25, 0.3) is 0 Å². The minimum atomic E-state index is -0.245. The first-order valence-corrected chi connectivity index (χ1v) is 5.51. The summed E-state index contributed by atoms with van der Waals surface area (Å²) in [4.78, 5) is 10.4. The lowest BCUT2D eigenvalue weighted by atomic mass is 10.2. The van der Waals surface area contributed by atoms with Crippen LogP contribution in [0.5, 0.6) is 0 Å². The summed E-state index contributed by atoms with van der Waals surface area (Å²) >= 11 is 0. The van der Waals surface area contributed by atoms with Gasteiger partial charge in [0.1, 0.15) is 6.61 Å². The minimum absolute atomic E-state index is 0.245. The number of hydrogen-bond donors (Lipinski definition) is 0. The maximum Gasteiger partial charge on any atom is 0.302 e. The molecule has 0 rings (SSSR count). The van der Waals surface area contributed by atoms with Crippen molar-refractivity contribution in [2.24, 2.45) is 0 Å². The Kier molecular flexibility index (Phi) is 9.96. The first-order valence-electron chi connectivity index (χ1n) is 5.51. The molecule has 0 aromatic heterocycles. The maximum atomic E-state index is 10.4. The fourth-order valence-corrected chi connectivity index (χ4v) is 1.000. The second-order valence-electron chi connectivity index (χ2n) is 3.29. The predicted octanol–water partition coefficient (Wildman–Crippen LogP) is 3.08. The van der Waals surface area contributed by atoms with Crippen molar-refractivity contribution in [3.05, 3.63) is 12.2 Å². The van der Waals surface area contributed by atoms with E-state index in [1.165, 1.54) is 26.2 Å². The van der Waals surface area contributed by atoms with E-state index in [2.05, 4.69) is 18.8 Å². The molecule has 0 unspecified atom stereocenters. The standard InChI is InChI=1S/C13H20O2/c1-3-4-5-6-7-8-9-10-11-12-15-13(2)14/h10-11H,3-6,9,12H2,1-2H3/b11-10+. The number of rotatable bonds is 6. The van der Waals surface area contributed by atoms with Crippen molar-refractivity contribution in [1.82, 2.24) is 0 Å². The molecule has 84 valence electrons. The summed E-state index contributed by atoms with van der Waals surface area (Å²) in [6.45, 7) is 3.94. The number of carbonyl (C=O) groups excluding carboxylic acids is 1. The van der Waals surface area contributed by atoms with Gasteiger partial charge in [-0.1, -0.05) is 37.8 Å². The molecule has 0 aliphatic heterocycles. The van der Waals surface area contributed by atoms with E-state index >= 15 is 0 Å². The van der Waals surface area contributed by atoms with E-state index in [1.807, 2.05) is 12.2 Å². The van der Waals surface area contributed by atoms with Crippen molar-refractivity contribution in [1.29, 1.82) is 0 Å². The molecule has 0 atom stereocenters. The molecule has 0 aliphatic carbocycles. The van der Waals surface area contributed by atoms with E-state index in [4.69, 9.17) is 4.74 Å². The van der Waals surface area contributed by atoms with Crippen molar-refractivity contribution in [2.75, 3.05) is 6.61 Å². The summed E-state index contributed by atoms with van der Waals surface area (Å²) in [6, 6.07) is 0. The third-order valence-corrected chi connectivity index (χ3v) is 1.80. The Bertz CT molecular complexity index is 243. The number of esters is 1. The van der Waals surface area contributed by atoms with Gasteiger partial charge >= 0.3 is 5.97 Å². The quantitative estimate of drug-likeness (QED) is 0.290. The van der Waals surface area contributed by atoms with E-state index in [9.17, 15) is 4.79 Å². The van der Waals surface area contributed by atoms with Gasteiger partial charge in [-0.15, -0.1) is 5.92 Å². The van der Waals surface area contributed by atoms with E-state index < -0.39 is 0 Å². The molecule has 0 amide bonds. The van der Waals surface area contributed by atoms with Gasteiger partial charge in [-0.2, -0.15) is 0 Å². The van der Waals surface area contributed by atoms with Crippen LogP contribution in [0.25, 0.3) is 0 Å². The van der Waals surface area contributed by atoms with Gasteiger partial charge in [-0.05, 0) is 6.42 Å². The first-order chi connectivity index (χ1) is 7.27. The highest BCUT2D eigenvalue weighted by Gasteiger charge is 1.85. The van der Waals surface area contributed by atoms with Crippen molar-refractivity contribution in [3.63, 3.8) is 0 Å². The third-order valence-electron chi connectivity index (χ3n) is 1.80. The van der Waals surface area contributed by atoms with Gasteiger partial charge in [-0.25, -0.2) is 0 Å². The average Bonchev–Trinajstić information content (AvgIpc) is 2.20. The van der Waals surface area contributed by atoms with Gasteiger partial charge in [0, 0.05) is 19.8 Å². The van der Waals surface area contributed by atoms with Crippen molar-refractivity contribution >= 4 is 5.97 Å². The summed E-state index contributed by atoms with van der Waals surface area (Å²) < 4.78 is 4.73. The van der Waals surface area contributed by atoms with Crippen molar-refractivity contribution in [3.8, 4) is 11.8 Å². The van der Waals surface area contributed by atoms with Crippen LogP contribution in [0.4, 0.5) is 0 Å². The van der Waals surface area contributed by atoms with Gasteiger partial charge in [-0.3, -0.25) is 4.79 Å². The molecular weight excluding hydrogens is 188 g/mol. The van der Waals surface area contributed by atoms with Crippen LogP contribution in [-0.2, 0) is 9.53 Å². The molecule has 0 aromatic carbocycles. The second kappa shape index (κ2) is 10.8. The van der Waals surface area contributed by atoms with Gasteiger partial charge < -0.3 is 4.74 Å². The van der Waals surface area contributed by atoms with Gasteiger partial charge in [0.2, 0.25) is 0 Å². The van der Waals surface area contributed by atoms with Crippen molar-refractivity contribution in [2.45, 2.75) is 46.0 Å². The molecule has 0 heterocycles. The number of ether oxygens (including phenoxy) is 1. The number of hydrogen-bond acceptors (Lipinski definition) is 2. The van der Waals surface area contributed by atoms with Crippen LogP contribution in [0.3, 0.4) is 0 Å². The largest absolute Gasteiger partial charge is 0.462 e. The van der Waals surface area contributed by atoms with Crippen LogP contribution in [0.1, 0.15) is 46.0 Å². The molecule has 0 saturated heterocycles. The lowest BCUT2D eigenvalue weighted by Crippen LogP contribution is -1.97. The molecular formula is C13H20O2. The van der Waals surface area contributed by atoms with E-state index in [-0.39, 0.29) is 5.97 Å². The number of carbonyl (C=O) groups is 1. The highest BCUT2D eigenvalue weighted by Crippen LogP contribution is 1.96. The fourth-order valence-electron chi connectivity index (χ4n) is 1.000. The van der Waals surface area contributed by atoms with Crippen LogP contribution in [0, 0.1) is 11.8 Å².